The first-order valence-corrected chi connectivity index (χ1v) is 11.7. The first kappa shape index (κ1) is 17.5. The van der Waals surface area contributed by atoms with Crippen molar-refractivity contribution in [2.75, 3.05) is 7.05 Å². The molecule has 3 nitrogen and oxygen atoms in total. The molecule has 0 aromatic rings. The summed E-state index contributed by atoms with van der Waals surface area (Å²) < 4.78 is 6.08. The SMILES string of the molecule is CCC12CCC3C4CCC(=NC)C=C4C4(CC4)CC3C1CCC21C=CC(=O)O1. The van der Waals surface area contributed by atoms with Gasteiger partial charge in [-0.2, -0.15) is 0 Å². The average Bonchev–Trinajstić information content (AvgIpc) is 3.27. The second-order valence-corrected chi connectivity index (χ2v) is 10.6. The maximum Gasteiger partial charge on any atom is 0.331 e. The Morgan fingerprint density at radius 3 is 2.68 bits per heavy atom. The number of carbonyl (C=O) groups excluding carboxylic acids is 1. The molecule has 6 aliphatic rings. The molecule has 0 saturated heterocycles. The molecule has 150 valence electrons. The second-order valence-electron chi connectivity index (χ2n) is 10.6. The van der Waals surface area contributed by atoms with Crippen molar-refractivity contribution in [3.05, 3.63) is 23.8 Å². The standard InChI is InChI=1S/C25H33NO2/c1-3-24-9-6-17-18-5-4-16(26-2)14-21(18)23(12-13-23)15-19(17)20(24)7-10-25(24)11-8-22(27)28-25/h8,11,14,17-20H,3-7,9-10,12-13,15H2,1-2H3. The number of allylic oxidation sites excluding steroid dienone is 2. The van der Waals surface area contributed by atoms with Gasteiger partial charge in [-0.3, -0.25) is 4.99 Å². The lowest BCUT2D eigenvalue weighted by Gasteiger charge is -2.58. The fourth-order valence-electron chi connectivity index (χ4n) is 8.75. The lowest BCUT2D eigenvalue weighted by Crippen LogP contribution is -2.54. The van der Waals surface area contributed by atoms with E-state index in [-0.39, 0.29) is 17.0 Å². The van der Waals surface area contributed by atoms with Crippen LogP contribution >= 0.6 is 0 Å². The number of hydrogen-bond acceptors (Lipinski definition) is 3. The molecule has 0 aromatic heterocycles. The summed E-state index contributed by atoms with van der Waals surface area (Å²) in [6, 6.07) is 0. The number of rotatable bonds is 1. The largest absolute Gasteiger partial charge is 0.451 e. The number of hydrogen-bond donors (Lipinski definition) is 0. The zero-order valence-electron chi connectivity index (χ0n) is 17.4. The van der Waals surface area contributed by atoms with E-state index in [2.05, 4.69) is 24.1 Å². The van der Waals surface area contributed by atoms with E-state index in [9.17, 15) is 4.79 Å². The van der Waals surface area contributed by atoms with Crippen molar-refractivity contribution in [1.29, 1.82) is 0 Å². The fourth-order valence-corrected chi connectivity index (χ4v) is 8.75. The van der Waals surface area contributed by atoms with Gasteiger partial charge in [-0.15, -0.1) is 0 Å². The summed E-state index contributed by atoms with van der Waals surface area (Å²) in [7, 11) is 1.96. The van der Waals surface area contributed by atoms with Gasteiger partial charge < -0.3 is 4.74 Å². The molecule has 6 unspecified atom stereocenters. The molecule has 1 aliphatic heterocycles. The maximum atomic E-state index is 12.1. The van der Waals surface area contributed by atoms with E-state index in [0.29, 0.717) is 5.41 Å². The predicted octanol–water partition coefficient (Wildman–Crippen LogP) is 5.26. The van der Waals surface area contributed by atoms with Crippen LogP contribution in [-0.2, 0) is 9.53 Å². The Balaban J connectivity index is 1.39. The van der Waals surface area contributed by atoms with E-state index in [0.717, 1.165) is 42.9 Å². The van der Waals surface area contributed by atoms with Crippen molar-refractivity contribution in [2.24, 2.45) is 39.5 Å². The van der Waals surface area contributed by atoms with Crippen LogP contribution in [0.4, 0.5) is 0 Å². The number of carbonyl (C=O) groups is 1. The number of nitrogens with zero attached hydrogens (tertiary/aromatic N) is 1. The highest BCUT2D eigenvalue weighted by Gasteiger charge is 2.68. The summed E-state index contributed by atoms with van der Waals surface area (Å²) >= 11 is 0. The third kappa shape index (κ3) is 2.01. The third-order valence-corrected chi connectivity index (χ3v) is 10.1. The van der Waals surface area contributed by atoms with Gasteiger partial charge in [0, 0.05) is 24.3 Å². The number of fused-ring (bicyclic) bond motifs is 7. The molecule has 0 radical (unpaired) electrons. The molecule has 0 aromatic carbocycles. The molecule has 0 amide bonds. The molecule has 4 saturated carbocycles. The van der Waals surface area contributed by atoms with Crippen molar-refractivity contribution in [2.45, 2.75) is 76.7 Å². The summed E-state index contributed by atoms with van der Waals surface area (Å²) in [5.74, 6) is 3.08. The van der Waals surface area contributed by atoms with E-state index in [1.165, 1.54) is 50.7 Å². The van der Waals surface area contributed by atoms with Crippen molar-refractivity contribution in [1.82, 2.24) is 0 Å². The summed E-state index contributed by atoms with van der Waals surface area (Å²) in [5, 5.41) is 0. The zero-order chi connectivity index (χ0) is 19.1. The molecule has 28 heavy (non-hydrogen) atoms. The van der Waals surface area contributed by atoms with Crippen LogP contribution in [0.25, 0.3) is 0 Å². The Kier molecular flexibility index (Phi) is 3.50. The number of ether oxygens (including phenoxy) is 1. The average molecular weight is 380 g/mol. The van der Waals surface area contributed by atoms with Gasteiger partial charge in [-0.1, -0.05) is 12.5 Å². The van der Waals surface area contributed by atoms with Crippen LogP contribution in [0.15, 0.2) is 28.8 Å². The van der Waals surface area contributed by atoms with Gasteiger partial charge in [-0.05, 0) is 105 Å². The monoisotopic (exact) mass is 379 g/mol. The highest BCUT2D eigenvalue weighted by molar-refractivity contribution is 5.96. The number of esters is 1. The molecule has 4 fully saturated rings. The molecular formula is C25H33NO2. The normalized spacial score (nSPS) is 49.0. The van der Waals surface area contributed by atoms with Gasteiger partial charge in [0.05, 0.1) is 0 Å². The summed E-state index contributed by atoms with van der Waals surface area (Å²) in [4.78, 5) is 16.6. The summed E-state index contributed by atoms with van der Waals surface area (Å²) in [6.07, 6.45) is 19.0. The third-order valence-electron chi connectivity index (χ3n) is 10.1. The minimum atomic E-state index is -0.296. The van der Waals surface area contributed by atoms with Crippen molar-refractivity contribution >= 4 is 11.7 Å². The van der Waals surface area contributed by atoms with Gasteiger partial charge >= 0.3 is 5.97 Å². The lowest BCUT2D eigenvalue weighted by molar-refractivity contribution is -0.165. The topological polar surface area (TPSA) is 38.7 Å². The molecule has 0 N–H and O–H groups in total. The Morgan fingerprint density at radius 2 is 2.00 bits per heavy atom. The minimum absolute atomic E-state index is 0.109. The van der Waals surface area contributed by atoms with Gasteiger partial charge in [0.1, 0.15) is 5.60 Å². The molecule has 6 rings (SSSR count). The zero-order valence-corrected chi connectivity index (χ0v) is 17.4. The van der Waals surface area contributed by atoms with E-state index in [1.54, 1.807) is 11.6 Å². The van der Waals surface area contributed by atoms with Crippen LogP contribution in [0.1, 0.15) is 71.1 Å². The number of aliphatic imine (C=N–C) groups is 1. The smallest absolute Gasteiger partial charge is 0.331 e. The van der Waals surface area contributed by atoms with Crippen LogP contribution in [0.3, 0.4) is 0 Å². The molecule has 5 aliphatic carbocycles. The molecular weight excluding hydrogens is 346 g/mol. The Labute approximate surface area is 168 Å². The molecule has 0 bridgehead atoms. The van der Waals surface area contributed by atoms with Crippen LogP contribution in [0.2, 0.25) is 0 Å². The molecule has 1 heterocycles. The molecule has 6 atom stereocenters. The van der Waals surface area contributed by atoms with E-state index >= 15 is 0 Å². The molecule has 2 spiro atoms. The first-order chi connectivity index (χ1) is 13.6. The van der Waals surface area contributed by atoms with Crippen molar-refractivity contribution in [3.63, 3.8) is 0 Å². The van der Waals surface area contributed by atoms with Gasteiger partial charge in [0.25, 0.3) is 0 Å². The van der Waals surface area contributed by atoms with Crippen LogP contribution in [0, 0.1) is 34.5 Å². The lowest BCUT2D eigenvalue weighted by atomic mass is 9.47. The first-order valence-electron chi connectivity index (χ1n) is 11.7. The highest BCUT2D eigenvalue weighted by Crippen LogP contribution is 2.73. The Hall–Kier alpha value is -1.38. The Bertz CT molecular complexity index is 818. The van der Waals surface area contributed by atoms with Gasteiger partial charge in [-0.25, -0.2) is 4.79 Å². The van der Waals surface area contributed by atoms with Gasteiger partial charge in [0.2, 0.25) is 0 Å². The van der Waals surface area contributed by atoms with Crippen LogP contribution in [0.5, 0.6) is 0 Å². The predicted molar refractivity (Wildman–Crippen MR) is 110 cm³/mol. The van der Waals surface area contributed by atoms with Crippen molar-refractivity contribution in [3.8, 4) is 0 Å². The van der Waals surface area contributed by atoms with E-state index < -0.39 is 0 Å². The second kappa shape index (κ2) is 5.61. The molecule has 3 heteroatoms. The fraction of sp³-hybridized carbons (Fsp3) is 0.760. The van der Waals surface area contributed by atoms with E-state index in [4.69, 9.17) is 4.74 Å². The summed E-state index contributed by atoms with van der Waals surface area (Å²) in [5.41, 5.74) is 3.49. The minimum Gasteiger partial charge on any atom is -0.451 e. The quantitative estimate of drug-likeness (QED) is 0.583. The maximum absolute atomic E-state index is 12.1. The Morgan fingerprint density at radius 1 is 1.14 bits per heavy atom. The van der Waals surface area contributed by atoms with Crippen molar-refractivity contribution < 1.29 is 9.53 Å². The van der Waals surface area contributed by atoms with Crippen LogP contribution < -0.4 is 0 Å². The summed E-state index contributed by atoms with van der Waals surface area (Å²) in [6.45, 7) is 2.35. The van der Waals surface area contributed by atoms with Gasteiger partial charge in [0.15, 0.2) is 0 Å². The highest BCUT2D eigenvalue weighted by atomic mass is 16.6. The van der Waals surface area contributed by atoms with Crippen LogP contribution in [-0.4, -0.2) is 24.3 Å². The van der Waals surface area contributed by atoms with E-state index in [1.807, 2.05) is 7.05 Å².